The van der Waals surface area contributed by atoms with Crippen LogP contribution in [-0.4, -0.2) is 29.8 Å². The highest BCUT2D eigenvalue weighted by Crippen LogP contribution is 2.17. The molecule has 1 heterocycles. The molecule has 0 amide bonds. The molecule has 0 bridgehead atoms. The Kier molecular flexibility index (Phi) is 5.35. The van der Waals surface area contributed by atoms with Crippen LogP contribution in [0.3, 0.4) is 0 Å². The van der Waals surface area contributed by atoms with Gasteiger partial charge in [0.15, 0.2) is 5.82 Å². The lowest BCUT2D eigenvalue weighted by atomic mass is 10.3. The van der Waals surface area contributed by atoms with Crippen LogP contribution in [0.4, 0.5) is 0 Å². The number of aryl methyl sites for hydroxylation is 1. The van der Waals surface area contributed by atoms with Gasteiger partial charge in [-0.2, -0.15) is 4.98 Å². The summed E-state index contributed by atoms with van der Waals surface area (Å²) < 4.78 is 11.6. The Balaban J connectivity index is 1.57. The fourth-order valence-corrected chi connectivity index (χ4v) is 1.94. The summed E-state index contributed by atoms with van der Waals surface area (Å²) in [6.45, 7) is 4.01. The van der Waals surface area contributed by atoms with Gasteiger partial charge < -0.3 is 14.6 Å². The highest BCUT2D eigenvalue weighted by molar-refractivity contribution is 9.10. The molecule has 0 aliphatic carbocycles. The van der Waals surface area contributed by atoms with Crippen LogP contribution in [0.2, 0.25) is 0 Å². The van der Waals surface area contributed by atoms with Gasteiger partial charge in [0.1, 0.15) is 12.4 Å². The van der Waals surface area contributed by atoms with Gasteiger partial charge in [0, 0.05) is 24.0 Å². The Morgan fingerprint density at radius 3 is 3.00 bits per heavy atom. The van der Waals surface area contributed by atoms with E-state index in [4.69, 9.17) is 9.26 Å². The van der Waals surface area contributed by atoms with Crippen LogP contribution in [0.1, 0.15) is 11.7 Å². The summed E-state index contributed by atoms with van der Waals surface area (Å²) >= 11 is 3.40. The number of halogens is 1. The van der Waals surface area contributed by atoms with Crippen molar-refractivity contribution in [3.63, 3.8) is 0 Å². The van der Waals surface area contributed by atoms with E-state index in [1.165, 1.54) is 0 Å². The van der Waals surface area contributed by atoms with Crippen molar-refractivity contribution in [2.45, 2.75) is 13.3 Å². The zero-order valence-electron chi connectivity index (χ0n) is 10.7. The minimum Gasteiger partial charge on any atom is -0.492 e. The molecule has 0 unspecified atom stereocenters. The van der Waals surface area contributed by atoms with E-state index in [0.717, 1.165) is 29.7 Å². The number of hydrogen-bond donors (Lipinski definition) is 1. The predicted molar refractivity (Wildman–Crippen MR) is 75.2 cm³/mol. The van der Waals surface area contributed by atoms with Gasteiger partial charge in [0.2, 0.25) is 5.89 Å². The first-order valence-electron chi connectivity index (χ1n) is 6.12. The number of ether oxygens (including phenoxy) is 1. The molecule has 19 heavy (non-hydrogen) atoms. The van der Waals surface area contributed by atoms with Crippen molar-refractivity contribution in [1.82, 2.24) is 15.5 Å². The Bertz CT molecular complexity index is 516. The van der Waals surface area contributed by atoms with Gasteiger partial charge in [-0.05, 0) is 25.1 Å². The van der Waals surface area contributed by atoms with Crippen LogP contribution >= 0.6 is 15.9 Å². The average molecular weight is 326 g/mol. The Morgan fingerprint density at radius 1 is 1.37 bits per heavy atom. The minimum absolute atomic E-state index is 0.624. The average Bonchev–Trinajstić information content (AvgIpc) is 2.79. The number of rotatable bonds is 7. The number of nitrogens with zero attached hydrogens (tertiary/aromatic N) is 2. The number of benzene rings is 1. The summed E-state index contributed by atoms with van der Waals surface area (Å²) in [4.78, 5) is 4.13. The van der Waals surface area contributed by atoms with Gasteiger partial charge in [-0.25, -0.2) is 0 Å². The van der Waals surface area contributed by atoms with Gasteiger partial charge in [0.25, 0.3) is 0 Å². The normalized spacial score (nSPS) is 10.6. The maximum Gasteiger partial charge on any atom is 0.227 e. The summed E-state index contributed by atoms with van der Waals surface area (Å²) in [6.07, 6.45) is 0.734. The minimum atomic E-state index is 0.624. The van der Waals surface area contributed by atoms with E-state index in [0.29, 0.717) is 18.3 Å². The van der Waals surface area contributed by atoms with Gasteiger partial charge >= 0.3 is 0 Å². The van der Waals surface area contributed by atoms with E-state index in [1.54, 1.807) is 0 Å². The highest BCUT2D eigenvalue weighted by Gasteiger charge is 2.01. The van der Waals surface area contributed by atoms with Crippen molar-refractivity contribution < 1.29 is 9.26 Å². The van der Waals surface area contributed by atoms with E-state index in [1.807, 2.05) is 31.2 Å². The van der Waals surface area contributed by atoms with Crippen LogP contribution in [-0.2, 0) is 6.42 Å². The van der Waals surface area contributed by atoms with Crippen LogP contribution in [0.25, 0.3) is 0 Å². The Morgan fingerprint density at radius 2 is 2.26 bits per heavy atom. The molecule has 0 saturated carbocycles. The zero-order valence-corrected chi connectivity index (χ0v) is 12.3. The molecule has 1 aromatic carbocycles. The molecule has 2 rings (SSSR count). The molecule has 6 heteroatoms. The van der Waals surface area contributed by atoms with E-state index in [9.17, 15) is 0 Å². The largest absolute Gasteiger partial charge is 0.492 e. The van der Waals surface area contributed by atoms with Crippen molar-refractivity contribution in [3.05, 3.63) is 40.5 Å². The van der Waals surface area contributed by atoms with E-state index < -0.39 is 0 Å². The third-order valence-electron chi connectivity index (χ3n) is 2.43. The first-order valence-corrected chi connectivity index (χ1v) is 6.91. The monoisotopic (exact) mass is 325 g/mol. The summed E-state index contributed by atoms with van der Waals surface area (Å²) in [5.41, 5.74) is 0. The smallest absolute Gasteiger partial charge is 0.227 e. The van der Waals surface area contributed by atoms with Crippen LogP contribution in [0.5, 0.6) is 5.75 Å². The second kappa shape index (κ2) is 7.25. The van der Waals surface area contributed by atoms with Crippen LogP contribution in [0, 0.1) is 6.92 Å². The highest BCUT2D eigenvalue weighted by atomic mass is 79.9. The molecule has 5 nitrogen and oxygen atoms in total. The zero-order chi connectivity index (χ0) is 13.5. The SMILES string of the molecule is Cc1noc(CCNCCOc2cccc(Br)c2)n1. The van der Waals surface area contributed by atoms with E-state index in [-0.39, 0.29) is 0 Å². The molecular formula is C13H16BrN3O2. The molecule has 102 valence electrons. The second-order valence-corrected chi connectivity index (χ2v) is 4.96. The maximum atomic E-state index is 5.60. The topological polar surface area (TPSA) is 60.2 Å². The molecule has 1 N–H and O–H groups in total. The molecule has 0 spiro atoms. The van der Waals surface area contributed by atoms with Gasteiger partial charge in [0.05, 0.1) is 0 Å². The lowest BCUT2D eigenvalue weighted by molar-refractivity contribution is 0.312. The van der Waals surface area contributed by atoms with Crippen molar-refractivity contribution in [3.8, 4) is 5.75 Å². The van der Waals surface area contributed by atoms with Crippen molar-refractivity contribution in [2.75, 3.05) is 19.7 Å². The van der Waals surface area contributed by atoms with Gasteiger partial charge in [-0.3, -0.25) is 0 Å². The summed E-state index contributed by atoms with van der Waals surface area (Å²) in [5.74, 6) is 2.20. The fraction of sp³-hybridized carbons (Fsp3) is 0.385. The first-order chi connectivity index (χ1) is 9.24. The second-order valence-electron chi connectivity index (χ2n) is 4.04. The lowest BCUT2D eigenvalue weighted by Crippen LogP contribution is -2.23. The van der Waals surface area contributed by atoms with Crippen LogP contribution in [0.15, 0.2) is 33.3 Å². The number of nitrogens with one attached hydrogen (secondary N) is 1. The fourth-order valence-electron chi connectivity index (χ4n) is 1.56. The number of hydrogen-bond acceptors (Lipinski definition) is 5. The van der Waals surface area contributed by atoms with E-state index >= 15 is 0 Å². The van der Waals surface area contributed by atoms with Crippen molar-refractivity contribution in [1.29, 1.82) is 0 Å². The quantitative estimate of drug-likeness (QED) is 0.792. The van der Waals surface area contributed by atoms with Crippen molar-refractivity contribution >= 4 is 15.9 Å². The molecule has 0 atom stereocenters. The molecule has 0 fully saturated rings. The molecule has 0 saturated heterocycles. The van der Waals surface area contributed by atoms with E-state index in [2.05, 4.69) is 31.4 Å². The number of aromatic nitrogens is 2. The third-order valence-corrected chi connectivity index (χ3v) is 2.92. The van der Waals surface area contributed by atoms with Crippen LogP contribution < -0.4 is 10.1 Å². The molecule has 2 aromatic rings. The molecule has 0 radical (unpaired) electrons. The standard InChI is InChI=1S/C13H16BrN3O2/c1-10-16-13(19-17-10)5-6-15-7-8-18-12-4-2-3-11(14)9-12/h2-4,9,15H,5-8H2,1H3. The summed E-state index contributed by atoms with van der Waals surface area (Å²) in [7, 11) is 0. The summed E-state index contributed by atoms with van der Waals surface area (Å²) in [6, 6.07) is 7.80. The lowest BCUT2D eigenvalue weighted by Gasteiger charge is -2.07. The van der Waals surface area contributed by atoms with Gasteiger partial charge in [-0.1, -0.05) is 27.2 Å². The molecule has 0 aliphatic heterocycles. The molecular weight excluding hydrogens is 310 g/mol. The van der Waals surface area contributed by atoms with Crippen molar-refractivity contribution in [2.24, 2.45) is 0 Å². The predicted octanol–water partition coefficient (Wildman–Crippen LogP) is 2.35. The maximum absolute atomic E-state index is 5.60. The molecule has 1 aromatic heterocycles. The molecule has 0 aliphatic rings. The Labute approximate surface area is 120 Å². The van der Waals surface area contributed by atoms with Gasteiger partial charge in [-0.15, -0.1) is 0 Å². The third kappa shape index (κ3) is 5.00. The first kappa shape index (κ1) is 14.0. The Hall–Kier alpha value is -1.40. The summed E-state index contributed by atoms with van der Waals surface area (Å²) in [5, 5.41) is 7.00.